The van der Waals surface area contributed by atoms with Gasteiger partial charge in [0.25, 0.3) is 0 Å². The van der Waals surface area contributed by atoms with Crippen molar-refractivity contribution < 1.29 is 23.1 Å². The highest BCUT2D eigenvalue weighted by atomic mass is 32.2. The highest BCUT2D eigenvalue weighted by Gasteiger charge is 2.34. The molecule has 1 saturated carbocycles. The van der Waals surface area contributed by atoms with E-state index in [-0.39, 0.29) is 12.5 Å². The molecule has 8 heteroatoms. The van der Waals surface area contributed by atoms with Gasteiger partial charge in [0.2, 0.25) is 15.9 Å². The van der Waals surface area contributed by atoms with Crippen LogP contribution in [0.2, 0.25) is 0 Å². The van der Waals surface area contributed by atoms with E-state index in [0.717, 1.165) is 12.8 Å². The van der Waals surface area contributed by atoms with Crippen LogP contribution in [0.4, 0.5) is 11.4 Å². The van der Waals surface area contributed by atoms with Crippen molar-refractivity contribution in [2.24, 2.45) is 0 Å². The lowest BCUT2D eigenvalue weighted by Crippen LogP contribution is -2.40. The summed E-state index contributed by atoms with van der Waals surface area (Å²) >= 11 is 0. The predicted octanol–water partition coefficient (Wildman–Crippen LogP) is 1.32. The molecule has 23 heavy (non-hydrogen) atoms. The standard InChI is InChI=1S/C15H22N2O5S/c1-22-10-15(19)16-11-6-8-12(9-7-11)17-23(20,21)14-5-3-2-4-13(14)18/h6-9,13-14,17-18H,2-5,10H2,1H3,(H,16,19)/t13-,14+/m1/s1. The van der Waals surface area contributed by atoms with E-state index in [4.69, 9.17) is 4.74 Å². The summed E-state index contributed by atoms with van der Waals surface area (Å²) in [7, 11) is -2.21. The molecule has 1 fully saturated rings. The number of hydrogen-bond acceptors (Lipinski definition) is 5. The average molecular weight is 342 g/mol. The molecule has 0 aliphatic heterocycles. The van der Waals surface area contributed by atoms with Crippen molar-refractivity contribution in [3.63, 3.8) is 0 Å². The first-order valence-corrected chi connectivity index (χ1v) is 9.05. The van der Waals surface area contributed by atoms with E-state index in [0.29, 0.717) is 24.2 Å². The number of carbonyl (C=O) groups is 1. The molecule has 2 rings (SSSR count). The molecule has 1 aromatic carbocycles. The maximum Gasteiger partial charge on any atom is 0.250 e. The van der Waals surface area contributed by atoms with Gasteiger partial charge < -0.3 is 15.2 Å². The van der Waals surface area contributed by atoms with Crippen LogP contribution in [0.1, 0.15) is 25.7 Å². The summed E-state index contributed by atoms with van der Waals surface area (Å²) in [5.74, 6) is -0.286. The molecule has 1 aromatic rings. The second kappa shape index (κ2) is 7.76. The van der Waals surface area contributed by atoms with Crippen molar-refractivity contribution in [1.29, 1.82) is 0 Å². The van der Waals surface area contributed by atoms with E-state index >= 15 is 0 Å². The van der Waals surface area contributed by atoms with E-state index in [1.807, 2.05) is 0 Å². The molecule has 2 atom stereocenters. The van der Waals surface area contributed by atoms with Crippen LogP contribution in [0.3, 0.4) is 0 Å². The van der Waals surface area contributed by atoms with Crippen LogP contribution < -0.4 is 10.0 Å². The zero-order chi connectivity index (χ0) is 16.9. The molecule has 1 aliphatic rings. The summed E-state index contributed by atoms with van der Waals surface area (Å²) < 4.78 is 31.9. The zero-order valence-electron chi connectivity index (χ0n) is 13.0. The number of carbonyl (C=O) groups excluding carboxylic acids is 1. The third-order valence-corrected chi connectivity index (χ3v) is 5.64. The minimum absolute atomic E-state index is 0.0477. The smallest absolute Gasteiger partial charge is 0.250 e. The molecule has 7 nitrogen and oxygen atoms in total. The van der Waals surface area contributed by atoms with Gasteiger partial charge in [-0.25, -0.2) is 8.42 Å². The second-order valence-electron chi connectivity index (χ2n) is 5.60. The van der Waals surface area contributed by atoms with Gasteiger partial charge in [0, 0.05) is 18.5 Å². The maximum atomic E-state index is 12.4. The lowest BCUT2D eigenvalue weighted by Gasteiger charge is -2.27. The van der Waals surface area contributed by atoms with Crippen molar-refractivity contribution in [3.05, 3.63) is 24.3 Å². The monoisotopic (exact) mass is 342 g/mol. The summed E-state index contributed by atoms with van der Waals surface area (Å²) in [4.78, 5) is 11.4. The summed E-state index contributed by atoms with van der Waals surface area (Å²) in [5.41, 5.74) is 0.945. The Morgan fingerprint density at radius 3 is 2.43 bits per heavy atom. The largest absolute Gasteiger partial charge is 0.392 e. The van der Waals surface area contributed by atoms with Gasteiger partial charge in [-0.3, -0.25) is 9.52 Å². The Bertz CT molecular complexity index is 630. The fourth-order valence-corrected chi connectivity index (χ4v) is 4.27. The van der Waals surface area contributed by atoms with Gasteiger partial charge in [-0.05, 0) is 37.1 Å². The van der Waals surface area contributed by atoms with Crippen LogP contribution in [-0.2, 0) is 19.6 Å². The highest BCUT2D eigenvalue weighted by molar-refractivity contribution is 7.93. The summed E-state index contributed by atoms with van der Waals surface area (Å²) in [5, 5.41) is 11.7. The molecule has 0 saturated heterocycles. The number of rotatable bonds is 6. The summed E-state index contributed by atoms with van der Waals surface area (Å²) in [6.45, 7) is -0.0477. The quantitative estimate of drug-likeness (QED) is 0.723. The number of hydrogen-bond donors (Lipinski definition) is 3. The highest BCUT2D eigenvalue weighted by Crippen LogP contribution is 2.26. The van der Waals surface area contributed by atoms with Gasteiger partial charge in [0.05, 0.1) is 6.10 Å². The third kappa shape index (κ3) is 4.92. The molecule has 0 spiro atoms. The Hall–Kier alpha value is -1.64. The fourth-order valence-electron chi connectivity index (χ4n) is 2.63. The van der Waals surface area contributed by atoms with Crippen molar-refractivity contribution in [2.45, 2.75) is 37.0 Å². The second-order valence-corrected chi connectivity index (χ2v) is 7.50. The normalized spacial score (nSPS) is 21.7. The number of benzene rings is 1. The summed E-state index contributed by atoms with van der Waals surface area (Å²) in [6, 6.07) is 6.33. The number of ether oxygens (including phenoxy) is 1. The lowest BCUT2D eigenvalue weighted by molar-refractivity contribution is -0.119. The SMILES string of the molecule is COCC(=O)Nc1ccc(NS(=O)(=O)[C@H]2CCCC[C@H]2O)cc1. The van der Waals surface area contributed by atoms with Gasteiger partial charge in [-0.1, -0.05) is 12.8 Å². The molecule has 0 bridgehead atoms. The Labute approximate surface area is 136 Å². The number of amides is 1. The molecule has 0 aromatic heterocycles. The lowest BCUT2D eigenvalue weighted by atomic mass is 9.97. The van der Waals surface area contributed by atoms with Crippen molar-refractivity contribution in [3.8, 4) is 0 Å². The van der Waals surface area contributed by atoms with Crippen LogP contribution in [-0.4, -0.2) is 44.5 Å². The van der Waals surface area contributed by atoms with Gasteiger partial charge in [0.15, 0.2) is 0 Å². The van der Waals surface area contributed by atoms with E-state index in [1.165, 1.54) is 7.11 Å². The molecule has 0 heterocycles. The van der Waals surface area contributed by atoms with Crippen LogP contribution in [0.15, 0.2) is 24.3 Å². The predicted molar refractivity (Wildman–Crippen MR) is 87.8 cm³/mol. The number of methoxy groups -OCH3 is 1. The molecule has 3 N–H and O–H groups in total. The Morgan fingerprint density at radius 1 is 1.22 bits per heavy atom. The average Bonchev–Trinajstić information content (AvgIpc) is 2.49. The number of nitrogens with one attached hydrogen (secondary N) is 2. The topological polar surface area (TPSA) is 105 Å². The van der Waals surface area contributed by atoms with E-state index in [9.17, 15) is 18.3 Å². The van der Waals surface area contributed by atoms with Crippen LogP contribution in [0.25, 0.3) is 0 Å². The van der Waals surface area contributed by atoms with Crippen molar-refractivity contribution in [1.82, 2.24) is 0 Å². The van der Waals surface area contributed by atoms with E-state index < -0.39 is 21.4 Å². The zero-order valence-corrected chi connectivity index (χ0v) is 13.8. The van der Waals surface area contributed by atoms with Gasteiger partial charge in [-0.2, -0.15) is 0 Å². The third-order valence-electron chi connectivity index (χ3n) is 3.77. The first-order valence-electron chi connectivity index (χ1n) is 7.51. The van der Waals surface area contributed by atoms with Crippen LogP contribution in [0.5, 0.6) is 0 Å². The van der Waals surface area contributed by atoms with E-state index in [1.54, 1.807) is 24.3 Å². The first kappa shape index (κ1) is 17.7. The van der Waals surface area contributed by atoms with E-state index in [2.05, 4.69) is 10.0 Å². The molecular formula is C15H22N2O5S. The number of anilines is 2. The Balaban J connectivity index is 2.01. The van der Waals surface area contributed by atoms with Crippen molar-refractivity contribution in [2.75, 3.05) is 23.8 Å². The van der Waals surface area contributed by atoms with Gasteiger partial charge in [-0.15, -0.1) is 0 Å². The number of aliphatic hydroxyl groups excluding tert-OH is 1. The summed E-state index contributed by atoms with van der Waals surface area (Å²) in [6.07, 6.45) is 1.79. The molecule has 1 aliphatic carbocycles. The van der Waals surface area contributed by atoms with Crippen molar-refractivity contribution >= 4 is 27.3 Å². The van der Waals surface area contributed by atoms with Crippen LogP contribution in [0, 0.1) is 0 Å². The minimum Gasteiger partial charge on any atom is -0.392 e. The molecule has 128 valence electrons. The molecule has 1 amide bonds. The maximum absolute atomic E-state index is 12.4. The fraction of sp³-hybridized carbons (Fsp3) is 0.533. The number of aliphatic hydroxyl groups is 1. The minimum atomic E-state index is -3.64. The Morgan fingerprint density at radius 2 is 1.83 bits per heavy atom. The molecule has 0 radical (unpaired) electrons. The van der Waals surface area contributed by atoms with Crippen LogP contribution >= 0.6 is 0 Å². The number of sulfonamides is 1. The van der Waals surface area contributed by atoms with Gasteiger partial charge >= 0.3 is 0 Å². The Kier molecular flexibility index (Phi) is 5.97. The molecular weight excluding hydrogens is 320 g/mol. The first-order chi connectivity index (χ1) is 10.9. The molecule has 0 unspecified atom stereocenters. The van der Waals surface area contributed by atoms with Gasteiger partial charge in [0.1, 0.15) is 11.9 Å².